The second-order valence-electron chi connectivity index (χ2n) is 4.65. The van der Waals surface area contributed by atoms with Crippen molar-refractivity contribution in [1.29, 1.82) is 0 Å². The van der Waals surface area contributed by atoms with Crippen molar-refractivity contribution >= 4 is 46.6 Å². The van der Waals surface area contributed by atoms with E-state index in [0.717, 1.165) is 23.9 Å². The molecule has 1 aromatic heterocycles. The molecule has 1 amide bonds. The lowest BCUT2D eigenvalue weighted by Crippen LogP contribution is -2.14. The van der Waals surface area contributed by atoms with Gasteiger partial charge in [-0.15, -0.1) is 10.2 Å². The summed E-state index contributed by atoms with van der Waals surface area (Å²) in [5.74, 6) is 0.976. The van der Waals surface area contributed by atoms with E-state index in [-0.39, 0.29) is 11.7 Å². The highest BCUT2D eigenvalue weighted by atomic mass is 35.5. The molecule has 0 fully saturated rings. The Morgan fingerprint density at radius 1 is 1.32 bits per heavy atom. The minimum absolute atomic E-state index is 0.132. The van der Waals surface area contributed by atoms with Gasteiger partial charge in [-0.1, -0.05) is 41.9 Å². The van der Waals surface area contributed by atoms with Crippen LogP contribution < -0.4 is 5.32 Å². The number of benzene rings is 1. The van der Waals surface area contributed by atoms with Gasteiger partial charge in [0, 0.05) is 12.2 Å². The summed E-state index contributed by atoms with van der Waals surface area (Å²) in [5, 5.41) is 12.5. The fraction of sp³-hybridized carbons (Fsp3) is 0.357. The van der Waals surface area contributed by atoms with Crippen LogP contribution in [0.3, 0.4) is 0 Å². The summed E-state index contributed by atoms with van der Waals surface area (Å²) in [6, 6.07) is 4.98. The maximum absolute atomic E-state index is 12.0. The van der Waals surface area contributed by atoms with Gasteiger partial charge in [0.25, 0.3) is 0 Å². The Bertz CT molecular complexity index is 675. The lowest BCUT2D eigenvalue weighted by Gasteiger charge is -2.08. The zero-order valence-corrected chi connectivity index (χ0v) is 14.6. The topological polar surface area (TPSA) is 59.8 Å². The van der Waals surface area contributed by atoms with E-state index >= 15 is 0 Å². The van der Waals surface area contributed by atoms with E-state index in [1.54, 1.807) is 18.2 Å². The van der Waals surface area contributed by atoms with Crippen LogP contribution in [0.1, 0.15) is 19.2 Å². The van der Waals surface area contributed by atoms with Gasteiger partial charge in [-0.2, -0.15) is 0 Å². The number of halogens is 2. The molecular weight excluding hydrogens is 343 g/mol. The molecule has 0 aliphatic heterocycles. The molecule has 1 N–H and O–H groups in total. The van der Waals surface area contributed by atoms with Crippen LogP contribution >= 0.6 is 35.0 Å². The minimum Gasteiger partial charge on any atom is -0.325 e. The molecule has 0 saturated carbocycles. The number of carbonyl (C=O) groups excluding carboxylic acids is 1. The highest BCUT2D eigenvalue weighted by Gasteiger charge is 2.11. The predicted octanol–water partition coefficient (Wildman–Crippen LogP) is 4.03. The fourth-order valence-electron chi connectivity index (χ4n) is 1.85. The standard InChI is InChI=1S/C14H16Cl2N4OS/c1-3-6-20-9(2)18-19-14(20)22-8-13(21)17-10-4-5-11(15)12(16)7-10/h4-5,7H,3,6,8H2,1-2H3,(H,17,21). The molecular formula is C14H16Cl2N4OS. The van der Waals surface area contributed by atoms with Gasteiger partial charge in [0.05, 0.1) is 15.8 Å². The molecule has 0 bridgehead atoms. The van der Waals surface area contributed by atoms with Gasteiger partial charge in [-0.3, -0.25) is 4.79 Å². The van der Waals surface area contributed by atoms with Crippen LogP contribution in [0.2, 0.25) is 10.0 Å². The number of carbonyl (C=O) groups is 1. The number of rotatable bonds is 6. The Kier molecular flexibility index (Phi) is 6.11. The molecule has 1 aromatic carbocycles. The molecule has 2 rings (SSSR count). The van der Waals surface area contributed by atoms with E-state index in [1.807, 2.05) is 11.5 Å². The van der Waals surface area contributed by atoms with Crippen LogP contribution in [0.25, 0.3) is 0 Å². The normalized spacial score (nSPS) is 10.7. The van der Waals surface area contributed by atoms with E-state index in [4.69, 9.17) is 23.2 Å². The van der Waals surface area contributed by atoms with E-state index < -0.39 is 0 Å². The zero-order chi connectivity index (χ0) is 16.1. The lowest BCUT2D eigenvalue weighted by molar-refractivity contribution is -0.113. The van der Waals surface area contributed by atoms with Gasteiger partial charge in [-0.25, -0.2) is 0 Å². The van der Waals surface area contributed by atoms with Crippen LogP contribution in [0.5, 0.6) is 0 Å². The molecule has 0 radical (unpaired) electrons. The van der Waals surface area contributed by atoms with Gasteiger partial charge >= 0.3 is 0 Å². The monoisotopic (exact) mass is 358 g/mol. The second-order valence-corrected chi connectivity index (χ2v) is 6.40. The molecule has 0 spiro atoms. The average Bonchev–Trinajstić information content (AvgIpc) is 2.82. The number of nitrogens with zero attached hydrogens (tertiary/aromatic N) is 3. The Morgan fingerprint density at radius 2 is 2.09 bits per heavy atom. The third-order valence-electron chi connectivity index (χ3n) is 2.88. The highest BCUT2D eigenvalue weighted by Crippen LogP contribution is 2.25. The maximum atomic E-state index is 12.0. The number of aromatic nitrogens is 3. The first kappa shape index (κ1) is 17.1. The fourth-order valence-corrected chi connectivity index (χ4v) is 2.96. The summed E-state index contributed by atoms with van der Waals surface area (Å²) >= 11 is 13.1. The first-order chi connectivity index (χ1) is 10.5. The molecule has 0 aliphatic carbocycles. The summed E-state index contributed by atoms with van der Waals surface area (Å²) in [6.45, 7) is 4.84. The Balaban J connectivity index is 1.94. The van der Waals surface area contributed by atoms with Gasteiger partial charge in [-0.05, 0) is 31.5 Å². The molecule has 22 heavy (non-hydrogen) atoms. The van der Waals surface area contributed by atoms with E-state index in [0.29, 0.717) is 15.7 Å². The first-order valence-corrected chi connectivity index (χ1v) is 8.53. The SMILES string of the molecule is CCCn1c(C)nnc1SCC(=O)Nc1ccc(Cl)c(Cl)c1. The Labute approximate surface area is 143 Å². The molecule has 118 valence electrons. The molecule has 8 heteroatoms. The van der Waals surface area contributed by atoms with Gasteiger partial charge in [0.15, 0.2) is 5.16 Å². The molecule has 0 unspecified atom stereocenters. The van der Waals surface area contributed by atoms with Crippen molar-refractivity contribution in [3.05, 3.63) is 34.1 Å². The number of hydrogen-bond donors (Lipinski definition) is 1. The van der Waals surface area contributed by atoms with Crippen LogP contribution in [0.4, 0.5) is 5.69 Å². The van der Waals surface area contributed by atoms with E-state index in [1.165, 1.54) is 11.8 Å². The minimum atomic E-state index is -0.132. The summed E-state index contributed by atoms with van der Waals surface area (Å²) in [5.41, 5.74) is 0.617. The molecule has 1 heterocycles. The number of amides is 1. The highest BCUT2D eigenvalue weighted by molar-refractivity contribution is 7.99. The van der Waals surface area contributed by atoms with E-state index in [9.17, 15) is 4.79 Å². The van der Waals surface area contributed by atoms with E-state index in [2.05, 4.69) is 22.4 Å². The third-order valence-corrected chi connectivity index (χ3v) is 4.59. The zero-order valence-electron chi connectivity index (χ0n) is 12.3. The van der Waals surface area contributed by atoms with Crippen LogP contribution in [-0.4, -0.2) is 26.4 Å². The van der Waals surface area contributed by atoms with Crippen molar-refractivity contribution in [1.82, 2.24) is 14.8 Å². The first-order valence-electron chi connectivity index (χ1n) is 6.78. The molecule has 0 atom stereocenters. The van der Waals surface area contributed by atoms with Crippen molar-refractivity contribution in [2.45, 2.75) is 32.0 Å². The number of thioether (sulfide) groups is 1. The largest absolute Gasteiger partial charge is 0.325 e. The lowest BCUT2D eigenvalue weighted by atomic mass is 10.3. The van der Waals surface area contributed by atoms with Crippen molar-refractivity contribution in [3.63, 3.8) is 0 Å². The molecule has 0 aliphatic rings. The molecule has 5 nitrogen and oxygen atoms in total. The third kappa shape index (κ3) is 4.38. The number of hydrogen-bond acceptors (Lipinski definition) is 4. The summed E-state index contributed by atoms with van der Waals surface area (Å²) < 4.78 is 2.01. The van der Waals surface area contributed by atoms with Crippen molar-refractivity contribution in [2.75, 3.05) is 11.1 Å². The number of nitrogens with one attached hydrogen (secondary N) is 1. The van der Waals surface area contributed by atoms with Gasteiger partial charge in [0.2, 0.25) is 5.91 Å². The number of aryl methyl sites for hydroxylation is 1. The van der Waals surface area contributed by atoms with Crippen LogP contribution in [0, 0.1) is 6.92 Å². The van der Waals surface area contributed by atoms with Crippen LogP contribution in [0.15, 0.2) is 23.4 Å². The van der Waals surface area contributed by atoms with Crippen molar-refractivity contribution in [3.8, 4) is 0 Å². The van der Waals surface area contributed by atoms with Crippen molar-refractivity contribution in [2.24, 2.45) is 0 Å². The van der Waals surface area contributed by atoms with Gasteiger partial charge in [0.1, 0.15) is 5.82 Å². The molecule has 0 saturated heterocycles. The van der Waals surface area contributed by atoms with Crippen molar-refractivity contribution < 1.29 is 4.79 Å². The quantitative estimate of drug-likeness (QED) is 0.791. The smallest absolute Gasteiger partial charge is 0.234 e. The maximum Gasteiger partial charge on any atom is 0.234 e. The predicted molar refractivity (Wildman–Crippen MR) is 90.9 cm³/mol. The van der Waals surface area contributed by atoms with Crippen LogP contribution in [-0.2, 0) is 11.3 Å². The Morgan fingerprint density at radius 3 is 2.77 bits per heavy atom. The summed E-state index contributed by atoms with van der Waals surface area (Å²) in [7, 11) is 0. The van der Waals surface area contributed by atoms with Gasteiger partial charge < -0.3 is 9.88 Å². The number of anilines is 1. The Hall–Kier alpha value is -1.24. The summed E-state index contributed by atoms with van der Waals surface area (Å²) in [4.78, 5) is 12.0. The average molecular weight is 359 g/mol. The molecule has 2 aromatic rings. The summed E-state index contributed by atoms with van der Waals surface area (Å²) in [6.07, 6.45) is 0.988. The second kappa shape index (κ2) is 7.85.